The first-order valence-electron chi connectivity index (χ1n) is 5.63. The van der Waals surface area contributed by atoms with E-state index in [0.29, 0.717) is 18.0 Å². The lowest BCUT2D eigenvalue weighted by Gasteiger charge is -2.04. The number of halogens is 3. The maximum Gasteiger partial charge on any atom is 0.416 e. The van der Waals surface area contributed by atoms with Crippen LogP contribution in [0.1, 0.15) is 24.3 Å². The lowest BCUT2D eigenvalue weighted by Crippen LogP contribution is -2.19. The van der Waals surface area contributed by atoms with Crippen molar-refractivity contribution in [2.75, 3.05) is 6.54 Å². The van der Waals surface area contributed by atoms with Gasteiger partial charge in [-0.05, 0) is 31.0 Å². The zero-order chi connectivity index (χ0) is 13.0. The summed E-state index contributed by atoms with van der Waals surface area (Å²) in [7, 11) is 0. The van der Waals surface area contributed by atoms with E-state index in [4.69, 9.17) is 10.2 Å². The Morgan fingerprint density at radius 2 is 2.06 bits per heavy atom. The van der Waals surface area contributed by atoms with Crippen LogP contribution in [-0.2, 0) is 11.6 Å². The summed E-state index contributed by atoms with van der Waals surface area (Å²) in [4.78, 5) is 4.15. The molecule has 1 aromatic heterocycles. The lowest BCUT2D eigenvalue weighted by molar-refractivity contribution is -0.137. The topological polar surface area (TPSA) is 52.0 Å². The van der Waals surface area contributed by atoms with Gasteiger partial charge >= 0.3 is 6.18 Å². The van der Waals surface area contributed by atoms with Crippen LogP contribution in [0, 0.1) is 0 Å². The van der Waals surface area contributed by atoms with Gasteiger partial charge in [-0.2, -0.15) is 13.2 Å². The highest BCUT2D eigenvalue weighted by Crippen LogP contribution is 2.47. The van der Waals surface area contributed by atoms with E-state index in [9.17, 15) is 13.2 Å². The molecule has 1 saturated carbocycles. The third kappa shape index (κ3) is 1.68. The maximum atomic E-state index is 12.6. The van der Waals surface area contributed by atoms with Crippen molar-refractivity contribution in [1.82, 2.24) is 4.98 Å². The normalized spacial score (nSPS) is 18.2. The monoisotopic (exact) mass is 256 g/mol. The van der Waals surface area contributed by atoms with Gasteiger partial charge in [0.15, 0.2) is 5.58 Å². The van der Waals surface area contributed by atoms with Gasteiger partial charge in [-0.1, -0.05) is 0 Å². The Morgan fingerprint density at radius 1 is 1.33 bits per heavy atom. The highest BCUT2D eigenvalue weighted by atomic mass is 19.4. The zero-order valence-corrected chi connectivity index (χ0v) is 9.42. The summed E-state index contributed by atoms with van der Waals surface area (Å²) in [5.74, 6) is 0.458. The van der Waals surface area contributed by atoms with Crippen molar-refractivity contribution >= 4 is 11.1 Å². The molecule has 96 valence electrons. The van der Waals surface area contributed by atoms with Crippen LogP contribution in [0.5, 0.6) is 0 Å². The van der Waals surface area contributed by atoms with Gasteiger partial charge in [0, 0.05) is 6.54 Å². The standard InChI is InChI=1S/C12H11F3N2O/c13-12(14,15)7-1-2-9-8(5-7)17-10(18-9)11(6-16)3-4-11/h1-2,5H,3-4,6,16H2. The van der Waals surface area contributed by atoms with E-state index in [1.165, 1.54) is 6.07 Å². The molecule has 1 aliphatic carbocycles. The summed E-state index contributed by atoms with van der Waals surface area (Å²) in [5.41, 5.74) is 5.28. The molecule has 0 unspecified atom stereocenters. The highest BCUT2D eigenvalue weighted by molar-refractivity contribution is 5.74. The van der Waals surface area contributed by atoms with E-state index in [1.54, 1.807) is 0 Å². The molecule has 3 nitrogen and oxygen atoms in total. The number of nitrogens with two attached hydrogens (primary N) is 1. The number of hydrogen-bond donors (Lipinski definition) is 1. The Balaban J connectivity index is 2.08. The maximum absolute atomic E-state index is 12.6. The summed E-state index contributed by atoms with van der Waals surface area (Å²) in [5, 5.41) is 0. The molecule has 0 aliphatic heterocycles. The average Bonchev–Trinajstić information content (AvgIpc) is 3.00. The van der Waals surface area contributed by atoms with Crippen LogP contribution in [0.4, 0.5) is 13.2 Å². The zero-order valence-electron chi connectivity index (χ0n) is 9.42. The Hall–Kier alpha value is -1.56. The van der Waals surface area contributed by atoms with Crippen molar-refractivity contribution in [2.24, 2.45) is 5.73 Å². The summed E-state index contributed by atoms with van der Waals surface area (Å²) in [6, 6.07) is 3.31. The molecule has 1 aliphatic rings. The number of aromatic nitrogens is 1. The SMILES string of the molecule is NCC1(c2nc3cc(C(F)(F)F)ccc3o2)CC1. The fourth-order valence-electron chi connectivity index (χ4n) is 1.99. The molecule has 2 N–H and O–H groups in total. The molecule has 0 amide bonds. The van der Waals surface area contributed by atoms with Gasteiger partial charge in [0.1, 0.15) is 5.52 Å². The molecule has 18 heavy (non-hydrogen) atoms. The van der Waals surface area contributed by atoms with Crippen molar-refractivity contribution in [1.29, 1.82) is 0 Å². The molecule has 0 atom stereocenters. The summed E-state index contributed by atoms with van der Waals surface area (Å²) < 4.78 is 43.2. The van der Waals surface area contributed by atoms with Gasteiger partial charge in [-0.3, -0.25) is 0 Å². The average molecular weight is 256 g/mol. The van der Waals surface area contributed by atoms with Crippen molar-refractivity contribution < 1.29 is 17.6 Å². The number of hydrogen-bond acceptors (Lipinski definition) is 3. The van der Waals surface area contributed by atoms with Crippen molar-refractivity contribution in [3.8, 4) is 0 Å². The first kappa shape index (κ1) is 11.5. The summed E-state index contributed by atoms with van der Waals surface area (Å²) >= 11 is 0. The Bertz CT molecular complexity index is 599. The third-order valence-electron chi connectivity index (χ3n) is 3.41. The minimum Gasteiger partial charge on any atom is -0.440 e. The van der Waals surface area contributed by atoms with E-state index in [2.05, 4.69) is 4.98 Å². The van der Waals surface area contributed by atoms with E-state index >= 15 is 0 Å². The molecule has 1 aromatic carbocycles. The second-order valence-corrected chi connectivity index (χ2v) is 4.68. The molecule has 1 fully saturated rings. The second kappa shape index (κ2) is 3.47. The van der Waals surface area contributed by atoms with Crippen LogP contribution in [0.3, 0.4) is 0 Å². The number of benzene rings is 1. The van der Waals surface area contributed by atoms with E-state index in [-0.39, 0.29) is 10.9 Å². The smallest absolute Gasteiger partial charge is 0.416 e. The predicted molar refractivity (Wildman–Crippen MR) is 59.0 cm³/mol. The molecule has 0 spiro atoms. The minimum absolute atomic E-state index is 0.236. The van der Waals surface area contributed by atoms with Gasteiger partial charge in [0.05, 0.1) is 11.0 Å². The molecule has 0 radical (unpaired) electrons. The van der Waals surface area contributed by atoms with E-state index in [0.717, 1.165) is 25.0 Å². The van der Waals surface area contributed by atoms with Crippen molar-refractivity contribution in [3.63, 3.8) is 0 Å². The minimum atomic E-state index is -4.36. The molecular weight excluding hydrogens is 245 g/mol. The number of nitrogens with zero attached hydrogens (tertiary/aromatic N) is 1. The number of rotatable bonds is 2. The largest absolute Gasteiger partial charge is 0.440 e. The van der Waals surface area contributed by atoms with Crippen LogP contribution in [0.2, 0.25) is 0 Å². The van der Waals surface area contributed by atoms with Crippen LogP contribution in [-0.4, -0.2) is 11.5 Å². The Labute approximate surface area is 101 Å². The number of oxazole rings is 1. The molecule has 0 bridgehead atoms. The highest BCUT2D eigenvalue weighted by Gasteiger charge is 2.47. The molecular formula is C12H11F3N2O. The lowest BCUT2D eigenvalue weighted by atomic mass is 10.1. The van der Waals surface area contributed by atoms with Crippen LogP contribution < -0.4 is 5.73 Å². The third-order valence-corrected chi connectivity index (χ3v) is 3.41. The van der Waals surface area contributed by atoms with Crippen molar-refractivity contribution in [3.05, 3.63) is 29.7 Å². The van der Waals surface area contributed by atoms with Gasteiger partial charge in [-0.15, -0.1) is 0 Å². The van der Waals surface area contributed by atoms with Crippen LogP contribution >= 0.6 is 0 Å². The van der Waals surface area contributed by atoms with Crippen LogP contribution in [0.15, 0.2) is 22.6 Å². The summed E-state index contributed by atoms with van der Waals surface area (Å²) in [6.07, 6.45) is -2.61. The number of alkyl halides is 3. The van der Waals surface area contributed by atoms with E-state index < -0.39 is 11.7 Å². The second-order valence-electron chi connectivity index (χ2n) is 4.68. The predicted octanol–water partition coefficient (Wildman–Crippen LogP) is 2.84. The van der Waals surface area contributed by atoms with Gasteiger partial charge in [0.25, 0.3) is 0 Å². The molecule has 0 saturated heterocycles. The van der Waals surface area contributed by atoms with Crippen LogP contribution in [0.25, 0.3) is 11.1 Å². The molecule has 3 rings (SSSR count). The van der Waals surface area contributed by atoms with Gasteiger partial charge in [-0.25, -0.2) is 4.98 Å². The van der Waals surface area contributed by atoms with Gasteiger partial charge < -0.3 is 10.2 Å². The van der Waals surface area contributed by atoms with E-state index in [1.807, 2.05) is 0 Å². The van der Waals surface area contributed by atoms with Crippen molar-refractivity contribution in [2.45, 2.75) is 24.4 Å². The quantitative estimate of drug-likeness (QED) is 0.898. The Kier molecular flexibility index (Phi) is 2.22. The fraction of sp³-hybridized carbons (Fsp3) is 0.417. The summed E-state index contributed by atoms with van der Waals surface area (Å²) in [6.45, 7) is 0.409. The molecule has 6 heteroatoms. The Morgan fingerprint density at radius 3 is 2.61 bits per heavy atom. The first-order valence-corrected chi connectivity index (χ1v) is 5.63. The number of fused-ring (bicyclic) bond motifs is 1. The fourth-order valence-corrected chi connectivity index (χ4v) is 1.99. The van der Waals surface area contributed by atoms with Gasteiger partial charge in [0.2, 0.25) is 5.89 Å². The first-order chi connectivity index (χ1) is 8.44. The molecule has 2 aromatic rings. The molecule has 1 heterocycles.